The molecule has 108 valence electrons. The second-order valence-electron chi connectivity index (χ2n) is 5.88. The number of nitrogen functional groups attached to an aromatic ring is 1. The molecule has 0 bridgehead atoms. The number of fused-ring (bicyclic) bond motifs is 1. The Kier molecular flexibility index (Phi) is 3.42. The van der Waals surface area contributed by atoms with Crippen LogP contribution in [0.15, 0.2) is 42.5 Å². The van der Waals surface area contributed by atoms with Crippen LogP contribution in [0.4, 0.5) is 5.82 Å². The van der Waals surface area contributed by atoms with E-state index in [0.29, 0.717) is 5.92 Å². The molecule has 3 nitrogen and oxygen atoms in total. The van der Waals surface area contributed by atoms with Gasteiger partial charge in [-0.15, -0.1) is 0 Å². The number of pyridine rings is 1. The van der Waals surface area contributed by atoms with Crippen molar-refractivity contribution < 1.29 is 0 Å². The Balaban J connectivity index is 1.94. The van der Waals surface area contributed by atoms with E-state index in [9.17, 15) is 0 Å². The highest BCUT2D eigenvalue weighted by Crippen LogP contribution is 2.21. The van der Waals surface area contributed by atoms with Crippen molar-refractivity contribution in [3.8, 4) is 0 Å². The zero-order chi connectivity index (χ0) is 15.0. The van der Waals surface area contributed by atoms with E-state index in [1.807, 2.05) is 29.5 Å². The van der Waals surface area contributed by atoms with Crippen molar-refractivity contribution >= 4 is 11.5 Å². The number of rotatable bonds is 3. The zero-order valence-corrected chi connectivity index (χ0v) is 12.8. The van der Waals surface area contributed by atoms with Gasteiger partial charge in [-0.05, 0) is 36.1 Å². The van der Waals surface area contributed by atoms with Gasteiger partial charge in [0.1, 0.15) is 11.5 Å². The number of aromatic nitrogens is 2. The van der Waals surface area contributed by atoms with Gasteiger partial charge < -0.3 is 5.73 Å². The first-order valence-corrected chi connectivity index (χ1v) is 7.37. The lowest BCUT2D eigenvalue weighted by atomic mass is 10.0. The summed E-state index contributed by atoms with van der Waals surface area (Å²) in [6.07, 6.45) is 0.769. The molecule has 21 heavy (non-hydrogen) atoms. The van der Waals surface area contributed by atoms with Crippen LogP contribution in [0.3, 0.4) is 0 Å². The fraction of sp³-hybridized carbons (Fsp3) is 0.278. The summed E-state index contributed by atoms with van der Waals surface area (Å²) in [5.41, 5.74) is 11.8. The SMILES string of the molecule is Cc1cccc2nc(Cc3ccc(C(C)C)cc3)c(N)n12. The lowest BCUT2D eigenvalue weighted by Crippen LogP contribution is -1.99. The predicted molar refractivity (Wildman–Crippen MR) is 87.7 cm³/mol. The van der Waals surface area contributed by atoms with Gasteiger partial charge in [0.15, 0.2) is 0 Å². The molecule has 0 aliphatic carbocycles. The van der Waals surface area contributed by atoms with Gasteiger partial charge in [0.2, 0.25) is 0 Å². The van der Waals surface area contributed by atoms with Gasteiger partial charge >= 0.3 is 0 Å². The van der Waals surface area contributed by atoms with Gasteiger partial charge in [0.05, 0.1) is 5.69 Å². The molecular weight excluding hydrogens is 258 g/mol. The molecule has 0 fully saturated rings. The van der Waals surface area contributed by atoms with Crippen molar-refractivity contribution in [3.63, 3.8) is 0 Å². The molecule has 3 rings (SSSR count). The minimum Gasteiger partial charge on any atom is -0.383 e. The number of anilines is 1. The van der Waals surface area contributed by atoms with Gasteiger partial charge in [-0.2, -0.15) is 0 Å². The van der Waals surface area contributed by atoms with Gasteiger partial charge in [-0.25, -0.2) is 4.98 Å². The van der Waals surface area contributed by atoms with Crippen LogP contribution in [-0.2, 0) is 6.42 Å². The highest BCUT2D eigenvalue weighted by Gasteiger charge is 2.11. The average Bonchev–Trinajstić information content (AvgIpc) is 2.77. The summed E-state index contributed by atoms with van der Waals surface area (Å²) in [6, 6.07) is 14.8. The monoisotopic (exact) mass is 279 g/mol. The maximum atomic E-state index is 6.27. The first kappa shape index (κ1) is 13.7. The number of imidazole rings is 1. The molecule has 0 aliphatic heterocycles. The molecular formula is C18H21N3. The van der Waals surface area contributed by atoms with E-state index >= 15 is 0 Å². The molecule has 0 spiro atoms. The molecule has 0 saturated heterocycles. The molecule has 0 unspecified atom stereocenters. The number of nitrogens with zero attached hydrogens (tertiary/aromatic N) is 2. The maximum Gasteiger partial charge on any atom is 0.138 e. The molecule has 0 saturated carbocycles. The molecule has 0 atom stereocenters. The molecule has 3 aromatic rings. The standard InChI is InChI=1S/C18H21N3/c1-12(2)15-9-7-14(8-10-15)11-16-18(19)21-13(3)5-4-6-17(21)20-16/h4-10,12H,11,19H2,1-3H3. The molecule has 0 amide bonds. The van der Waals surface area contributed by atoms with E-state index in [-0.39, 0.29) is 0 Å². The van der Waals surface area contributed by atoms with Crippen LogP contribution in [0.5, 0.6) is 0 Å². The average molecular weight is 279 g/mol. The third-order valence-electron chi connectivity index (χ3n) is 3.97. The Bertz CT molecular complexity index is 767. The van der Waals surface area contributed by atoms with Crippen molar-refractivity contribution in [2.75, 3.05) is 5.73 Å². The topological polar surface area (TPSA) is 43.3 Å². The molecule has 2 aromatic heterocycles. The zero-order valence-electron chi connectivity index (χ0n) is 12.8. The fourth-order valence-corrected chi connectivity index (χ4v) is 2.67. The van der Waals surface area contributed by atoms with E-state index in [4.69, 9.17) is 5.73 Å². The van der Waals surface area contributed by atoms with Crippen molar-refractivity contribution in [2.24, 2.45) is 0 Å². The molecule has 0 aliphatic rings. The van der Waals surface area contributed by atoms with Crippen LogP contribution in [0, 0.1) is 6.92 Å². The lowest BCUT2D eigenvalue weighted by Gasteiger charge is -2.06. The molecule has 3 heteroatoms. The van der Waals surface area contributed by atoms with Gasteiger partial charge in [0.25, 0.3) is 0 Å². The smallest absolute Gasteiger partial charge is 0.138 e. The third kappa shape index (κ3) is 2.51. The Labute approximate surface area is 125 Å². The fourth-order valence-electron chi connectivity index (χ4n) is 2.67. The predicted octanol–water partition coefficient (Wildman–Crippen LogP) is 3.94. The second-order valence-corrected chi connectivity index (χ2v) is 5.88. The molecule has 2 heterocycles. The van der Waals surface area contributed by atoms with Crippen molar-refractivity contribution in [2.45, 2.75) is 33.1 Å². The van der Waals surface area contributed by atoms with Crippen LogP contribution in [0.2, 0.25) is 0 Å². The van der Waals surface area contributed by atoms with E-state index in [1.54, 1.807) is 0 Å². The molecule has 2 N–H and O–H groups in total. The van der Waals surface area contributed by atoms with E-state index in [1.165, 1.54) is 11.1 Å². The first-order chi connectivity index (χ1) is 10.1. The minimum absolute atomic E-state index is 0.557. The normalized spacial score (nSPS) is 11.4. The molecule has 1 aromatic carbocycles. The third-order valence-corrected chi connectivity index (χ3v) is 3.97. The van der Waals surface area contributed by atoms with Crippen molar-refractivity contribution in [3.05, 3.63) is 65.0 Å². The summed E-state index contributed by atoms with van der Waals surface area (Å²) < 4.78 is 2.01. The lowest BCUT2D eigenvalue weighted by molar-refractivity contribution is 0.865. The van der Waals surface area contributed by atoms with E-state index in [2.05, 4.69) is 43.1 Å². The van der Waals surface area contributed by atoms with E-state index < -0.39 is 0 Å². The van der Waals surface area contributed by atoms with Crippen LogP contribution < -0.4 is 5.73 Å². The number of nitrogens with two attached hydrogens (primary N) is 1. The quantitative estimate of drug-likeness (QED) is 0.789. The summed E-state index contributed by atoms with van der Waals surface area (Å²) in [7, 11) is 0. The summed E-state index contributed by atoms with van der Waals surface area (Å²) in [6.45, 7) is 6.46. The first-order valence-electron chi connectivity index (χ1n) is 7.37. The van der Waals surface area contributed by atoms with Gasteiger partial charge in [0, 0.05) is 12.1 Å². The Morgan fingerprint density at radius 1 is 1.10 bits per heavy atom. The Hall–Kier alpha value is -2.29. The number of hydrogen-bond donors (Lipinski definition) is 1. The summed E-state index contributed by atoms with van der Waals surface area (Å²) >= 11 is 0. The van der Waals surface area contributed by atoms with Crippen molar-refractivity contribution in [1.82, 2.24) is 9.38 Å². The second kappa shape index (κ2) is 5.24. The Morgan fingerprint density at radius 2 is 1.81 bits per heavy atom. The number of benzene rings is 1. The summed E-state index contributed by atoms with van der Waals surface area (Å²) in [5.74, 6) is 1.30. The van der Waals surface area contributed by atoms with E-state index in [0.717, 1.165) is 29.3 Å². The van der Waals surface area contributed by atoms with Crippen molar-refractivity contribution in [1.29, 1.82) is 0 Å². The molecule has 0 radical (unpaired) electrons. The number of aryl methyl sites for hydroxylation is 1. The highest BCUT2D eigenvalue weighted by atomic mass is 15.1. The minimum atomic E-state index is 0.557. The number of hydrogen-bond acceptors (Lipinski definition) is 2. The maximum absolute atomic E-state index is 6.27. The van der Waals surface area contributed by atoms with Crippen LogP contribution >= 0.6 is 0 Å². The van der Waals surface area contributed by atoms with Crippen LogP contribution in [0.25, 0.3) is 5.65 Å². The Morgan fingerprint density at radius 3 is 2.43 bits per heavy atom. The van der Waals surface area contributed by atoms with Crippen LogP contribution in [-0.4, -0.2) is 9.38 Å². The summed E-state index contributed by atoms with van der Waals surface area (Å²) in [4.78, 5) is 4.66. The summed E-state index contributed by atoms with van der Waals surface area (Å²) in [5, 5.41) is 0. The van der Waals surface area contributed by atoms with Gasteiger partial charge in [-0.1, -0.05) is 44.2 Å². The van der Waals surface area contributed by atoms with Crippen LogP contribution in [0.1, 0.15) is 42.3 Å². The largest absolute Gasteiger partial charge is 0.383 e. The van der Waals surface area contributed by atoms with Gasteiger partial charge in [-0.3, -0.25) is 4.40 Å². The highest BCUT2D eigenvalue weighted by molar-refractivity contribution is 5.55.